The molecular formula is C22H24N4O. The van der Waals surface area contributed by atoms with Gasteiger partial charge in [0.05, 0.1) is 24.9 Å². The molecule has 1 aromatic heterocycles. The fourth-order valence-corrected chi connectivity index (χ4v) is 3.38. The molecule has 0 amide bonds. The second kappa shape index (κ2) is 7.76. The Morgan fingerprint density at radius 3 is 2.59 bits per heavy atom. The summed E-state index contributed by atoms with van der Waals surface area (Å²) in [6, 6.07) is 16.7. The zero-order chi connectivity index (χ0) is 18.6. The van der Waals surface area contributed by atoms with Crippen molar-refractivity contribution in [2.75, 3.05) is 36.6 Å². The van der Waals surface area contributed by atoms with Gasteiger partial charge in [-0.05, 0) is 48.7 Å². The number of aromatic nitrogens is 1. The lowest BCUT2D eigenvalue weighted by Crippen LogP contribution is -2.36. The van der Waals surface area contributed by atoms with Crippen molar-refractivity contribution < 1.29 is 4.74 Å². The van der Waals surface area contributed by atoms with Crippen LogP contribution in [0.4, 0.5) is 11.5 Å². The highest BCUT2D eigenvalue weighted by molar-refractivity contribution is 5.86. The van der Waals surface area contributed by atoms with Crippen molar-refractivity contribution in [1.82, 2.24) is 4.98 Å². The van der Waals surface area contributed by atoms with Crippen LogP contribution in [0.1, 0.15) is 16.7 Å². The number of ether oxygens (including phenoxy) is 1. The van der Waals surface area contributed by atoms with E-state index in [2.05, 4.69) is 71.7 Å². The van der Waals surface area contributed by atoms with Gasteiger partial charge in [0, 0.05) is 24.2 Å². The van der Waals surface area contributed by atoms with Crippen molar-refractivity contribution in [1.29, 1.82) is 0 Å². The zero-order valence-electron chi connectivity index (χ0n) is 15.8. The van der Waals surface area contributed by atoms with Gasteiger partial charge in [-0.25, -0.2) is 4.98 Å². The highest BCUT2D eigenvalue weighted by Gasteiger charge is 2.10. The zero-order valence-corrected chi connectivity index (χ0v) is 15.8. The predicted molar refractivity (Wildman–Crippen MR) is 112 cm³/mol. The van der Waals surface area contributed by atoms with Crippen molar-refractivity contribution in [3.8, 4) is 0 Å². The van der Waals surface area contributed by atoms with E-state index in [0.717, 1.165) is 43.2 Å². The highest BCUT2D eigenvalue weighted by Crippen LogP contribution is 2.22. The predicted octanol–water partition coefficient (Wildman–Crippen LogP) is 4.13. The lowest BCUT2D eigenvalue weighted by molar-refractivity contribution is 0.122. The van der Waals surface area contributed by atoms with Crippen LogP contribution in [0.3, 0.4) is 0 Å². The Morgan fingerprint density at radius 2 is 1.81 bits per heavy atom. The van der Waals surface area contributed by atoms with Crippen LogP contribution in [0.2, 0.25) is 0 Å². The molecule has 1 fully saturated rings. The number of fused-ring (bicyclic) bond motifs is 1. The smallest absolute Gasteiger partial charge is 0.147 e. The Morgan fingerprint density at radius 1 is 1.04 bits per heavy atom. The number of aryl methyl sites for hydroxylation is 2. The number of para-hydroxylation sites is 1. The lowest BCUT2D eigenvalue weighted by Gasteiger charge is -2.28. The third-order valence-corrected chi connectivity index (χ3v) is 4.91. The molecule has 2 heterocycles. The van der Waals surface area contributed by atoms with E-state index >= 15 is 0 Å². The van der Waals surface area contributed by atoms with E-state index in [0.29, 0.717) is 0 Å². The van der Waals surface area contributed by atoms with Crippen LogP contribution in [0.15, 0.2) is 53.6 Å². The van der Waals surface area contributed by atoms with Crippen molar-refractivity contribution in [3.63, 3.8) is 0 Å². The second-order valence-electron chi connectivity index (χ2n) is 6.86. The largest absolute Gasteiger partial charge is 0.378 e. The normalized spacial score (nSPS) is 14.8. The molecule has 1 aliphatic rings. The Balaban J connectivity index is 1.46. The Kier molecular flexibility index (Phi) is 5.03. The number of rotatable bonds is 4. The minimum Gasteiger partial charge on any atom is -0.378 e. The van der Waals surface area contributed by atoms with Crippen molar-refractivity contribution in [2.45, 2.75) is 13.8 Å². The molecule has 0 spiro atoms. The van der Waals surface area contributed by atoms with Crippen molar-refractivity contribution in [2.24, 2.45) is 5.10 Å². The molecule has 1 N–H and O–H groups in total. The summed E-state index contributed by atoms with van der Waals surface area (Å²) in [4.78, 5) is 7.04. The standard InChI is InChI=1S/C22H24N4O/c1-16-4-3-5-20-17(2)14-21(24-22(16)20)25-23-15-18-6-8-19(9-7-18)26-10-12-27-13-11-26/h3-9,14-15H,10-13H2,1-2H3,(H,24,25). The second-order valence-corrected chi connectivity index (χ2v) is 6.86. The number of anilines is 2. The minimum absolute atomic E-state index is 0.760. The molecule has 5 heteroatoms. The Bertz CT molecular complexity index is 960. The molecule has 2 aromatic carbocycles. The van der Waals surface area contributed by atoms with Crippen LogP contribution >= 0.6 is 0 Å². The summed E-state index contributed by atoms with van der Waals surface area (Å²) in [6.45, 7) is 7.67. The molecule has 1 saturated heterocycles. The first-order chi connectivity index (χ1) is 13.2. The van der Waals surface area contributed by atoms with E-state index < -0.39 is 0 Å². The molecule has 27 heavy (non-hydrogen) atoms. The number of hydrazone groups is 1. The molecule has 138 valence electrons. The summed E-state index contributed by atoms with van der Waals surface area (Å²) in [5.74, 6) is 0.760. The monoisotopic (exact) mass is 360 g/mol. The van der Waals surface area contributed by atoms with Crippen LogP contribution in [-0.2, 0) is 4.74 Å². The van der Waals surface area contributed by atoms with Crippen LogP contribution in [-0.4, -0.2) is 37.5 Å². The van der Waals surface area contributed by atoms with Crippen LogP contribution < -0.4 is 10.3 Å². The molecule has 5 nitrogen and oxygen atoms in total. The number of benzene rings is 2. The maximum Gasteiger partial charge on any atom is 0.147 e. The molecule has 1 aliphatic heterocycles. The summed E-state index contributed by atoms with van der Waals surface area (Å²) in [5.41, 5.74) is 8.72. The molecule has 0 saturated carbocycles. The maximum absolute atomic E-state index is 5.41. The third kappa shape index (κ3) is 3.93. The molecular weight excluding hydrogens is 336 g/mol. The first-order valence-corrected chi connectivity index (χ1v) is 9.29. The fourth-order valence-electron chi connectivity index (χ4n) is 3.38. The van der Waals surface area contributed by atoms with E-state index in [-0.39, 0.29) is 0 Å². The van der Waals surface area contributed by atoms with Gasteiger partial charge < -0.3 is 9.64 Å². The van der Waals surface area contributed by atoms with E-state index in [1.54, 1.807) is 0 Å². The molecule has 0 bridgehead atoms. The van der Waals surface area contributed by atoms with Gasteiger partial charge in [0.25, 0.3) is 0 Å². The average molecular weight is 360 g/mol. The van der Waals surface area contributed by atoms with Gasteiger partial charge in [-0.2, -0.15) is 5.10 Å². The first-order valence-electron chi connectivity index (χ1n) is 9.29. The van der Waals surface area contributed by atoms with Gasteiger partial charge in [-0.15, -0.1) is 0 Å². The van der Waals surface area contributed by atoms with Crippen molar-refractivity contribution >= 4 is 28.6 Å². The molecule has 0 unspecified atom stereocenters. The van der Waals surface area contributed by atoms with Gasteiger partial charge in [-0.1, -0.05) is 30.3 Å². The highest BCUT2D eigenvalue weighted by atomic mass is 16.5. The maximum atomic E-state index is 5.41. The van der Waals surface area contributed by atoms with E-state index in [4.69, 9.17) is 9.72 Å². The average Bonchev–Trinajstić information content (AvgIpc) is 2.70. The molecule has 0 aliphatic carbocycles. The first kappa shape index (κ1) is 17.5. The minimum atomic E-state index is 0.760. The van der Waals surface area contributed by atoms with Gasteiger partial charge in [0.2, 0.25) is 0 Å². The van der Waals surface area contributed by atoms with Gasteiger partial charge in [0.1, 0.15) is 5.82 Å². The van der Waals surface area contributed by atoms with E-state index in [1.165, 1.54) is 22.2 Å². The van der Waals surface area contributed by atoms with E-state index in [9.17, 15) is 0 Å². The van der Waals surface area contributed by atoms with Gasteiger partial charge in [-0.3, -0.25) is 5.43 Å². The molecule has 4 rings (SSSR count). The van der Waals surface area contributed by atoms with Crippen LogP contribution in [0.25, 0.3) is 10.9 Å². The van der Waals surface area contributed by atoms with E-state index in [1.807, 2.05) is 12.3 Å². The Hall–Kier alpha value is -2.92. The number of hydrogen-bond donors (Lipinski definition) is 1. The van der Waals surface area contributed by atoms with Gasteiger partial charge in [0.15, 0.2) is 0 Å². The third-order valence-electron chi connectivity index (χ3n) is 4.91. The van der Waals surface area contributed by atoms with Gasteiger partial charge >= 0.3 is 0 Å². The fraction of sp³-hybridized carbons (Fsp3) is 0.273. The summed E-state index contributed by atoms with van der Waals surface area (Å²) in [7, 11) is 0. The quantitative estimate of drug-likeness (QED) is 0.561. The van der Waals surface area contributed by atoms with Crippen molar-refractivity contribution in [3.05, 3.63) is 65.2 Å². The number of nitrogens with one attached hydrogen (secondary N) is 1. The lowest BCUT2D eigenvalue weighted by atomic mass is 10.1. The van der Waals surface area contributed by atoms with Crippen LogP contribution in [0, 0.1) is 13.8 Å². The SMILES string of the molecule is Cc1cc(NN=Cc2ccc(N3CCOCC3)cc2)nc2c(C)cccc12. The molecule has 0 radical (unpaired) electrons. The molecule has 0 atom stereocenters. The summed E-state index contributed by atoms with van der Waals surface area (Å²) < 4.78 is 5.41. The summed E-state index contributed by atoms with van der Waals surface area (Å²) in [6.07, 6.45) is 1.82. The number of pyridine rings is 1. The summed E-state index contributed by atoms with van der Waals surface area (Å²) >= 11 is 0. The topological polar surface area (TPSA) is 49.8 Å². The number of morpholine rings is 1. The Labute approximate surface area is 159 Å². The number of nitrogens with zero attached hydrogens (tertiary/aromatic N) is 3. The number of hydrogen-bond acceptors (Lipinski definition) is 5. The molecule has 3 aromatic rings. The van der Waals surface area contributed by atoms with Crippen LogP contribution in [0.5, 0.6) is 0 Å². The summed E-state index contributed by atoms with van der Waals surface area (Å²) in [5, 5.41) is 5.54.